The molecule has 0 heterocycles. The summed E-state index contributed by atoms with van der Waals surface area (Å²) in [4.78, 5) is 13.7. The number of hydrogen-bond acceptors (Lipinski definition) is 2. The van der Waals surface area contributed by atoms with Crippen LogP contribution in [0.25, 0.3) is 0 Å². The van der Waals surface area contributed by atoms with Gasteiger partial charge in [0.25, 0.3) is 0 Å². The van der Waals surface area contributed by atoms with Gasteiger partial charge in [-0.2, -0.15) is 5.26 Å². The summed E-state index contributed by atoms with van der Waals surface area (Å²) in [6, 6.07) is 2.55. The minimum atomic E-state index is -0.0165. The van der Waals surface area contributed by atoms with Crippen LogP contribution in [-0.2, 0) is 0 Å². The number of rotatable bonds is 4. The average Bonchev–Trinajstić information content (AvgIpc) is 2.70. The van der Waals surface area contributed by atoms with Crippen LogP contribution >= 0.6 is 0 Å². The predicted molar refractivity (Wildman–Crippen MR) is 62.9 cm³/mol. The average molecular weight is 223 g/mol. The fourth-order valence-electron chi connectivity index (χ4n) is 2.09. The molecule has 0 bridgehead atoms. The van der Waals surface area contributed by atoms with Gasteiger partial charge in [-0.15, -0.1) is 0 Å². The summed E-state index contributed by atoms with van der Waals surface area (Å²) in [7, 11) is 0. The van der Waals surface area contributed by atoms with Crippen LogP contribution in [0.3, 0.4) is 0 Å². The Morgan fingerprint density at radius 2 is 2.12 bits per heavy atom. The first-order chi connectivity index (χ1) is 7.65. The van der Waals surface area contributed by atoms with E-state index in [2.05, 4.69) is 11.4 Å². The molecule has 1 aliphatic carbocycles. The van der Waals surface area contributed by atoms with E-state index in [9.17, 15) is 4.79 Å². The summed E-state index contributed by atoms with van der Waals surface area (Å²) >= 11 is 0. The second-order valence-corrected chi connectivity index (χ2v) is 4.63. The van der Waals surface area contributed by atoms with Crippen molar-refractivity contribution in [3.63, 3.8) is 0 Å². The third-order valence-corrected chi connectivity index (χ3v) is 3.03. The van der Waals surface area contributed by atoms with Crippen LogP contribution in [0.15, 0.2) is 0 Å². The summed E-state index contributed by atoms with van der Waals surface area (Å²) in [6.45, 7) is 4.48. The van der Waals surface area contributed by atoms with Crippen molar-refractivity contribution in [2.75, 3.05) is 6.54 Å². The van der Waals surface area contributed by atoms with E-state index in [4.69, 9.17) is 5.26 Å². The zero-order valence-corrected chi connectivity index (χ0v) is 10.2. The summed E-state index contributed by atoms with van der Waals surface area (Å²) < 4.78 is 0. The first kappa shape index (κ1) is 12.8. The molecule has 90 valence electrons. The van der Waals surface area contributed by atoms with Gasteiger partial charge in [0, 0.05) is 18.6 Å². The first-order valence-corrected chi connectivity index (χ1v) is 6.09. The van der Waals surface area contributed by atoms with Crippen LogP contribution in [0, 0.1) is 11.3 Å². The van der Waals surface area contributed by atoms with Crippen LogP contribution in [0.4, 0.5) is 4.79 Å². The maximum absolute atomic E-state index is 12.0. The molecule has 1 fully saturated rings. The van der Waals surface area contributed by atoms with Gasteiger partial charge in [-0.3, -0.25) is 0 Å². The lowest BCUT2D eigenvalue weighted by Crippen LogP contribution is -2.47. The third-order valence-electron chi connectivity index (χ3n) is 3.03. The Hall–Kier alpha value is -1.24. The number of carbonyl (C=O) groups is 1. The van der Waals surface area contributed by atoms with Crippen molar-refractivity contribution >= 4 is 6.03 Å². The van der Waals surface area contributed by atoms with Crippen molar-refractivity contribution in [1.82, 2.24) is 10.2 Å². The quantitative estimate of drug-likeness (QED) is 0.794. The standard InChI is InChI=1S/C12H21N3O/c1-10(2)15(9-5-8-13)12(16)14-11-6-3-4-7-11/h10-11H,3-7,9H2,1-2H3,(H,14,16). The van der Waals surface area contributed by atoms with Crippen molar-refractivity contribution in [3.05, 3.63) is 0 Å². The Bertz CT molecular complexity index is 264. The largest absolute Gasteiger partial charge is 0.335 e. The van der Waals surface area contributed by atoms with E-state index in [0.717, 1.165) is 12.8 Å². The lowest BCUT2D eigenvalue weighted by atomic mass is 10.2. The van der Waals surface area contributed by atoms with Gasteiger partial charge < -0.3 is 10.2 Å². The Kier molecular flexibility index (Phi) is 5.10. The van der Waals surface area contributed by atoms with E-state index in [1.54, 1.807) is 4.90 Å². The van der Waals surface area contributed by atoms with E-state index in [1.807, 2.05) is 13.8 Å². The number of nitrogens with zero attached hydrogens (tertiary/aromatic N) is 2. The van der Waals surface area contributed by atoms with Crippen LogP contribution in [0.2, 0.25) is 0 Å². The van der Waals surface area contributed by atoms with Crippen molar-refractivity contribution in [2.24, 2.45) is 0 Å². The lowest BCUT2D eigenvalue weighted by molar-refractivity contribution is 0.181. The monoisotopic (exact) mass is 223 g/mol. The molecule has 0 saturated heterocycles. The first-order valence-electron chi connectivity index (χ1n) is 6.09. The predicted octanol–water partition coefficient (Wildman–Crippen LogP) is 2.26. The normalized spacial score (nSPS) is 16.1. The zero-order valence-electron chi connectivity index (χ0n) is 10.2. The van der Waals surface area contributed by atoms with Crippen LogP contribution in [-0.4, -0.2) is 29.6 Å². The van der Waals surface area contributed by atoms with Gasteiger partial charge in [-0.25, -0.2) is 4.79 Å². The Labute approximate surface area is 97.6 Å². The summed E-state index contributed by atoms with van der Waals surface area (Å²) in [6.07, 6.45) is 5.01. The van der Waals surface area contributed by atoms with E-state index in [1.165, 1.54) is 12.8 Å². The van der Waals surface area contributed by atoms with Crippen LogP contribution in [0.1, 0.15) is 46.0 Å². The highest BCUT2D eigenvalue weighted by Crippen LogP contribution is 2.18. The minimum Gasteiger partial charge on any atom is -0.335 e. The fourth-order valence-corrected chi connectivity index (χ4v) is 2.09. The topological polar surface area (TPSA) is 56.1 Å². The fraction of sp³-hybridized carbons (Fsp3) is 0.833. The summed E-state index contributed by atoms with van der Waals surface area (Å²) in [5.41, 5.74) is 0. The Balaban J connectivity index is 2.43. The van der Waals surface area contributed by atoms with Crippen LogP contribution in [0.5, 0.6) is 0 Å². The van der Waals surface area contributed by atoms with Gasteiger partial charge in [0.1, 0.15) is 0 Å². The number of amides is 2. The van der Waals surface area contributed by atoms with Gasteiger partial charge in [-0.1, -0.05) is 12.8 Å². The SMILES string of the molecule is CC(C)N(CCC#N)C(=O)NC1CCCC1. The molecule has 1 rings (SSSR count). The van der Waals surface area contributed by atoms with Crippen molar-refractivity contribution in [3.8, 4) is 6.07 Å². The van der Waals surface area contributed by atoms with E-state index >= 15 is 0 Å². The molecule has 1 saturated carbocycles. The van der Waals surface area contributed by atoms with Gasteiger partial charge in [0.2, 0.25) is 0 Å². The maximum Gasteiger partial charge on any atom is 0.317 e. The minimum absolute atomic E-state index is 0.0165. The van der Waals surface area contributed by atoms with Gasteiger partial charge in [0.15, 0.2) is 0 Å². The van der Waals surface area contributed by atoms with Gasteiger partial charge >= 0.3 is 6.03 Å². The van der Waals surface area contributed by atoms with Crippen molar-refractivity contribution in [2.45, 2.75) is 58.0 Å². The molecule has 0 unspecified atom stereocenters. The number of urea groups is 1. The van der Waals surface area contributed by atoms with Crippen LogP contribution < -0.4 is 5.32 Å². The molecule has 0 aliphatic heterocycles. The molecule has 1 N–H and O–H groups in total. The highest BCUT2D eigenvalue weighted by atomic mass is 16.2. The molecule has 4 nitrogen and oxygen atoms in total. The Morgan fingerprint density at radius 3 is 2.62 bits per heavy atom. The zero-order chi connectivity index (χ0) is 12.0. The molecule has 0 aromatic rings. The maximum atomic E-state index is 12.0. The molecule has 0 aromatic heterocycles. The highest BCUT2D eigenvalue weighted by molar-refractivity contribution is 5.74. The second-order valence-electron chi connectivity index (χ2n) is 4.63. The van der Waals surface area contributed by atoms with E-state index in [-0.39, 0.29) is 12.1 Å². The summed E-state index contributed by atoms with van der Waals surface area (Å²) in [5.74, 6) is 0. The summed E-state index contributed by atoms with van der Waals surface area (Å²) in [5, 5.41) is 11.6. The molecule has 1 aliphatic rings. The van der Waals surface area contributed by atoms with Gasteiger partial charge in [0.05, 0.1) is 12.5 Å². The molecule has 2 amide bonds. The Morgan fingerprint density at radius 1 is 1.50 bits per heavy atom. The number of hydrogen-bond donors (Lipinski definition) is 1. The van der Waals surface area contributed by atoms with Gasteiger partial charge in [-0.05, 0) is 26.7 Å². The highest BCUT2D eigenvalue weighted by Gasteiger charge is 2.22. The molecule has 0 aromatic carbocycles. The smallest absolute Gasteiger partial charge is 0.317 e. The third kappa shape index (κ3) is 3.73. The molecular formula is C12H21N3O. The number of carbonyl (C=O) groups excluding carboxylic acids is 1. The van der Waals surface area contributed by atoms with Crippen molar-refractivity contribution in [1.29, 1.82) is 5.26 Å². The second kappa shape index (κ2) is 6.37. The van der Waals surface area contributed by atoms with Crippen molar-refractivity contribution < 1.29 is 4.79 Å². The number of nitrogens with one attached hydrogen (secondary N) is 1. The van der Waals surface area contributed by atoms with E-state index < -0.39 is 0 Å². The lowest BCUT2D eigenvalue weighted by Gasteiger charge is -2.27. The number of nitriles is 1. The molecular weight excluding hydrogens is 202 g/mol. The molecule has 0 radical (unpaired) electrons. The molecule has 16 heavy (non-hydrogen) atoms. The molecule has 4 heteroatoms. The molecule has 0 atom stereocenters. The molecule has 0 spiro atoms. The van der Waals surface area contributed by atoms with E-state index in [0.29, 0.717) is 19.0 Å².